The predicted molar refractivity (Wildman–Crippen MR) is 123 cm³/mol. The SMILES string of the molecule is Cc1ccc(S(=O)(=O)c2c(C)c(C)n(Cc3ccco3)c2NC(=O)c2ccccc2)cc1. The van der Waals surface area contributed by atoms with Crippen LogP contribution in [0.1, 0.15) is 32.9 Å². The van der Waals surface area contributed by atoms with Crippen LogP contribution < -0.4 is 5.32 Å². The summed E-state index contributed by atoms with van der Waals surface area (Å²) in [7, 11) is -3.89. The van der Waals surface area contributed by atoms with Gasteiger partial charge in [-0.3, -0.25) is 4.79 Å². The Hall–Kier alpha value is -3.58. The lowest BCUT2D eigenvalue weighted by molar-refractivity contribution is 0.102. The van der Waals surface area contributed by atoms with E-state index in [0.717, 1.165) is 11.3 Å². The molecule has 0 atom stereocenters. The van der Waals surface area contributed by atoms with E-state index in [9.17, 15) is 13.2 Å². The number of benzene rings is 2. The molecule has 1 N–H and O–H groups in total. The Kier molecular flexibility index (Phi) is 5.76. The number of rotatable bonds is 6. The highest BCUT2D eigenvalue weighted by Crippen LogP contribution is 2.36. The number of furan rings is 1. The monoisotopic (exact) mass is 448 g/mol. The third kappa shape index (κ3) is 3.99. The number of aromatic nitrogens is 1. The number of nitrogens with zero attached hydrogens (tertiary/aromatic N) is 1. The van der Waals surface area contributed by atoms with Crippen molar-refractivity contribution in [2.24, 2.45) is 0 Å². The Morgan fingerprint density at radius 2 is 1.62 bits per heavy atom. The van der Waals surface area contributed by atoms with Crippen molar-refractivity contribution in [1.29, 1.82) is 0 Å². The Balaban J connectivity index is 1.88. The van der Waals surface area contributed by atoms with Crippen LogP contribution in [0.15, 0.2) is 87.2 Å². The highest BCUT2D eigenvalue weighted by Gasteiger charge is 2.31. The van der Waals surface area contributed by atoms with Crippen molar-refractivity contribution >= 4 is 21.6 Å². The fourth-order valence-electron chi connectivity index (χ4n) is 3.65. The van der Waals surface area contributed by atoms with Gasteiger partial charge in [0.2, 0.25) is 9.84 Å². The van der Waals surface area contributed by atoms with Gasteiger partial charge in [0, 0.05) is 11.3 Å². The Morgan fingerprint density at radius 1 is 0.938 bits per heavy atom. The zero-order chi connectivity index (χ0) is 22.9. The van der Waals surface area contributed by atoms with Crippen molar-refractivity contribution in [1.82, 2.24) is 4.57 Å². The molecule has 0 saturated heterocycles. The first-order chi connectivity index (χ1) is 15.3. The van der Waals surface area contributed by atoms with Gasteiger partial charge in [0.05, 0.1) is 17.7 Å². The van der Waals surface area contributed by atoms with Crippen LogP contribution in [0.2, 0.25) is 0 Å². The van der Waals surface area contributed by atoms with Crippen LogP contribution in [-0.2, 0) is 16.4 Å². The lowest BCUT2D eigenvalue weighted by Crippen LogP contribution is -2.18. The molecule has 4 rings (SSSR count). The van der Waals surface area contributed by atoms with Gasteiger partial charge in [0.25, 0.3) is 5.91 Å². The average molecular weight is 449 g/mol. The van der Waals surface area contributed by atoms with Gasteiger partial charge in [0.15, 0.2) is 0 Å². The number of hydrogen-bond acceptors (Lipinski definition) is 4. The third-order valence-corrected chi connectivity index (χ3v) is 7.46. The van der Waals surface area contributed by atoms with Crippen molar-refractivity contribution in [2.45, 2.75) is 37.1 Å². The lowest BCUT2D eigenvalue weighted by atomic mass is 10.2. The number of carbonyl (C=O) groups is 1. The first kappa shape index (κ1) is 21.6. The maximum absolute atomic E-state index is 13.7. The molecule has 2 heterocycles. The zero-order valence-corrected chi connectivity index (χ0v) is 18.9. The van der Waals surface area contributed by atoms with E-state index in [1.165, 1.54) is 0 Å². The molecule has 0 aliphatic rings. The van der Waals surface area contributed by atoms with Gasteiger partial charge < -0.3 is 14.3 Å². The van der Waals surface area contributed by atoms with E-state index in [1.54, 1.807) is 72.4 Å². The molecule has 2 aromatic heterocycles. The van der Waals surface area contributed by atoms with Crippen LogP contribution in [0.3, 0.4) is 0 Å². The summed E-state index contributed by atoms with van der Waals surface area (Å²) in [6, 6.07) is 19.0. The normalized spacial score (nSPS) is 11.5. The molecule has 32 heavy (non-hydrogen) atoms. The number of carbonyl (C=O) groups excluding carboxylic acids is 1. The van der Waals surface area contributed by atoms with Gasteiger partial charge in [-0.15, -0.1) is 0 Å². The molecular formula is C25H24N2O4S. The topological polar surface area (TPSA) is 81.3 Å². The maximum atomic E-state index is 13.7. The fraction of sp³-hybridized carbons (Fsp3) is 0.160. The molecule has 0 saturated carbocycles. The second kappa shape index (κ2) is 8.51. The second-order valence-corrected chi connectivity index (χ2v) is 9.58. The van der Waals surface area contributed by atoms with E-state index < -0.39 is 9.84 Å². The smallest absolute Gasteiger partial charge is 0.256 e. The largest absolute Gasteiger partial charge is 0.467 e. The Labute approximate surface area is 187 Å². The van der Waals surface area contributed by atoms with Crippen molar-refractivity contribution in [3.05, 3.63) is 101 Å². The summed E-state index contributed by atoms with van der Waals surface area (Å²) in [4.78, 5) is 13.3. The van der Waals surface area contributed by atoms with E-state index >= 15 is 0 Å². The summed E-state index contributed by atoms with van der Waals surface area (Å²) >= 11 is 0. The number of aryl methyl sites for hydroxylation is 1. The molecule has 6 nitrogen and oxygen atoms in total. The molecule has 0 spiro atoms. The Bertz CT molecular complexity index is 1350. The molecule has 164 valence electrons. The van der Waals surface area contributed by atoms with Gasteiger partial charge in [-0.25, -0.2) is 8.42 Å². The summed E-state index contributed by atoms with van der Waals surface area (Å²) < 4.78 is 34.6. The highest BCUT2D eigenvalue weighted by atomic mass is 32.2. The minimum atomic E-state index is -3.89. The van der Waals surface area contributed by atoms with Crippen LogP contribution in [0.25, 0.3) is 0 Å². The van der Waals surface area contributed by atoms with Gasteiger partial charge in [0.1, 0.15) is 16.5 Å². The summed E-state index contributed by atoms with van der Waals surface area (Å²) in [5.74, 6) is 0.493. The van der Waals surface area contributed by atoms with Crippen molar-refractivity contribution in [3.8, 4) is 0 Å². The van der Waals surface area contributed by atoms with Crippen LogP contribution in [0, 0.1) is 20.8 Å². The molecular weight excluding hydrogens is 424 g/mol. The lowest BCUT2D eigenvalue weighted by Gasteiger charge is -2.14. The van der Waals surface area contributed by atoms with Crippen LogP contribution >= 0.6 is 0 Å². The third-order valence-electron chi connectivity index (χ3n) is 5.54. The first-order valence-electron chi connectivity index (χ1n) is 10.2. The number of nitrogens with one attached hydrogen (secondary N) is 1. The average Bonchev–Trinajstić information content (AvgIpc) is 3.38. The van der Waals surface area contributed by atoms with Crippen molar-refractivity contribution in [2.75, 3.05) is 5.32 Å². The van der Waals surface area contributed by atoms with E-state index in [1.807, 2.05) is 26.0 Å². The van der Waals surface area contributed by atoms with Crippen LogP contribution in [-0.4, -0.2) is 18.9 Å². The van der Waals surface area contributed by atoms with Gasteiger partial charge >= 0.3 is 0 Å². The first-order valence-corrected chi connectivity index (χ1v) is 11.7. The number of amides is 1. The van der Waals surface area contributed by atoms with E-state index in [4.69, 9.17) is 4.42 Å². The van der Waals surface area contributed by atoms with E-state index in [0.29, 0.717) is 16.9 Å². The number of anilines is 1. The Morgan fingerprint density at radius 3 is 2.25 bits per heavy atom. The van der Waals surface area contributed by atoms with Crippen molar-refractivity contribution in [3.63, 3.8) is 0 Å². The predicted octanol–water partition coefficient (Wildman–Crippen LogP) is 5.14. The highest BCUT2D eigenvalue weighted by molar-refractivity contribution is 7.91. The minimum absolute atomic E-state index is 0.0923. The molecule has 0 bridgehead atoms. The summed E-state index contributed by atoms with van der Waals surface area (Å²) in [5.41, 5.74) is 2.72. The number of sulfone groups is 1. The maximum Gasteiger partial charge on any atom is 0.256 e. The molecule has 0 unspecified atom stereocenters. The van der Waals surface area contributed by atoms with Gasteiger partial charge in [-0.1, -0.05) is 35.9 Å². The molecule has 2 aromatic carbocycles. The molecule has 0 fully saturated rings. The standard InChI is InChI=1S/C25H24N2O4S/c1-17-11-13-22(14-12-17)32(29,30)23-18(2)19(3)27(16-21-10-7-15-31-21)24(23)26-25(28)20-8-5-4-6-9-20/h4-15H,16H2,1-3H3,(H,26,28). The fourth-order valence-corrected chi connectivity index (χ4v) is 5.34. The molecule has 0 aliphatic carbocycles. The summed E-state index contributed by atoms with van der Waals surface area (Å²) in [5, 5.41) is 2.86. The second-order valence-electron chi connectivity index (χ2n) is 7.69. The van der Waals surface area contributed by atoms with Crippen LogP contribution in [0.4, 0.5) is 5.82 Å². The molecule has 0 radical (unpaired) electrons. The molecule has 4 aromatic rings. The quantitative estimate of drug-likeness (QED) is 0.443. The minimum Gasteiger partial charge on any atom is -0.467 e. The number of hydrogen-bond donors (Lipinski definition) is 1. The molecule has 0 aliphatic heterocycles. The summed E-state index contributed by atoms with van der Waals surface area (Å²) in [6.45, 7) is 5.78. The van der Waals surface area contributed by atoms with Crippen LogP contribution in [0.5, 0.6) is 0 Å². The van der Waals surface area contributed by atoms with Crippen molar-refractivity contribution < 1.29 is 17.6 Å². The van der Waals surface area contributed by atoms with E-state index in [-0.39, 0.29) is 28.1 Å². The molecule has 1 amide bonds. The van der Waals surface area contributed by atoms with Gasteiger partial charge in [-0.2, -0.15) is 0 Å². The van der Waals surface area contributed by atoms with Gasteiger partial charge in [-0.05, 0) is 62.7 Å². The summed E-state index contributed by atoms with van der Waals surface area (Å²) in [6.07, 6.45) is 1.56. The zero-order valence-electron chi connectivity index (χ0n) is 18.1. The molecule has 7 heteroatoms. The van der Waals surface area contributed by atoms with E-state index in [2.05, 4.69) is 5.32 Å².